The van der Waals surface area contributed by atoms with Crippen molar-refractivity contribution in [3.8, 4) is 5.88 Å². The van der Waals surface area contributed by atoms with Gasteiger partial charge in [0.05, 0.1) is 24.8 Å². The summed E-state index contributed by atoms with van der Waals surface area (Å²) in [7, 11) is -3.96. The van der Waals surface area contributed by atoms with Crippen LogP contribution in [0.5, 0.6) is 5.88 Å². The fourth-order valence-corrected chi connectivity index (χ4v) is 6.40. The largest absolute Gasteiger partial charge is 0.476 e. The average molecular weight is 549 g/mol. The van der Waals surface area contributed by atoms with Gasteiger partial charge in [0.2, 0.25) is 5.88 Å². The highest BCUT2D eigenvalue weighted by Gasteiger charge is 2.50. The SMILES string of the molecule is CC1(c2cc(C=C(F)c3cnc(OCC4CCCC4)cn3)ccc2F)CS(=O)(=O)C(C)(C)C(NC(=O)O)=N1. The molecule has 1 aliphatic heterocycles. The minimum atomic E-state index is -3.96. The topological polar surface area (TPSA) is 131 Å². The Hall–Kier alpha value is -3.41. The molecule has 2 aliphatic rings. The highest BCUT2D eigenvalue weighted by atomic mass is 32.2. The number of ether oxygens (including phenoxy) is 1. The van der Waals surface area contributed by atoms with Crippen LogP contribution < -0.4 is 10.1 Å². The van der Waals surface area contributed by atoms with Gasteiger partial charge in [-0.3, -0.25) is 10.3 Å². The first-order valence-electron chi connectivity index (χ1n) is 12.3. The second-order valence-electron chi connectivity index (χ2n) is 10.4. The van der Waals surface area contributed by atoms with Gasteiger partial charge in [0.1, 0.15) is 27.6 Å². The average Bonchev–Trinajstić information content (AvgIpc) is 3.36. The molecule has 204 valence electrons. The number of benzene rings is 1. The monoisotopic (exact) mass is 548 g/mol. The van der Waals surface area contributed by atoms with Crippen molar-refractivity contribution in [3.63, 3.8) is 0 Å². The molecule has 1 amide bonds. The number of nitrogens with zero attached hydrogens (tertiary/aromatic N) is 3. The minimum Gasteiger partial charge on any atom is -0.476 e. The summed E-state index contributed by atoms with van der Waals surface area (Å²) in [6, 6.07) is 3.70. The number of amides is 1. The molecule has 0 saturated heterocycles. The van der Waals surface area contributed by atoms with E-state index in [4.69, 9.17) is 4.74 Å². The molecule has 9 nitrogen and oxygen atoms in total. The first-order valence-corrected chi connectivity index (χ1v) is 13.9. The molecule has 38 heavy (non-hydrogen) atoms. The summed E-state index contributed by atoms with van der Waals surface area (Å²) in [4.78, 5) is 23.8. The van der Waals surface area contributed by atoms with Gasteiger partial charge in [0.25, 0.3) is 0 Å². The van der Waals surface area contributed by atoms with Gasteiger partial charge in [0.15, 0.2) is 15.7 Å². The highest BCUT2D eigenvalue weighted by Crippen LogP contribution is 2.39. The molecular weight excluding hydrogens is 518 g/mol. The third-order valence-electron chi connectivity index (χ3n) is 7.08. The van der Waals surface area contributed by atoms with Gasteiger partial charge in [-0.2, -0.15) is 0 Å². The molecule has 1 aromatic carbocycles. The molecule has 4 rings (SSSR count). The fraction of sp³-hybridized carbons (Fsp3) is 0.462. The van der Waals surface area contributed by atoms with Gasteiger partial charge in [-0.15, -0.1) is 0 Å². The Balaban J connectivity index is 1.61. The number of hydrogen-bond acceptors (Lipinski definition) is 7. The summed E-state index contributed by atoms with van der Waals surface area (Å²) < 4.78 is 60.1. The van der Waals surface area contributed by atoms with Crippen LogP contribution in [-0.4, -0.2) is 52.5 Å². The van der Waals surface area contributed by atoms with Crippen molar-refractivity contribution in [3.05, 3.63) is 53.2 Å². The Morgan fingerprint density at radius 3 is 2.55 bits per heavy atom. The number of nitrogens with one attached hydrogen (secondary N) is 1. The van der Waals surface area contributed by atoms with Gasteiger partial charge in [-0.05, 0) is 63.3 Å². The third kappa shape index (κ3) is 5.69. The molecule has 1 fully saturated rings. The quantitative estimate of drug-likeness (QED) is 0.533. The van der Waals surface area contributed by atoms with Crippen LogP contribution in [0.25, 0.3) is 11.9 Å². The van der Waals surface area contributed by atoms with E-state index in [1.54, 1.807) is 0 Å². The maximum Gasteiger partial charge on any atom is 0.410 e. The van der Waals surface area contributed by atoms with E-state index in [-0.39, 0.29) is 22.7 Å². The number of carbonyl (C=O) groups is 1. The number of rotatable bonds is 6. The summed E-state index contributed by atoms with van der Waals surface area (Å²) in [5.74, 6) is -1.60. The Morgan fingerprint density at radius 1 is 1.21 bits per heavy atom. The number of hydrogen-bond donors (Lipinski definition) is 2. The van der Waals surface area contributed by atoms with Crippen molar-refractivity contribution in [2.45, 2.75) is 56.7 Å². The fourth-order valence-electron chi connectivity index (χ4n) is 4.69. The zero-order valence-electron chi connectivity index (χ0n) is 21.4. The molecule has 1 atom stereocenters. The molecular formula is C26H30F2N4O5S. The number of carboxylic acid groups (broad SMARTS) is 1. The van der Waals surface area contributed by atoms with E-state index in [9.17, 15) is 22.7 Å². The van der Waals surface area contributed by atoms with Crippen LogP contribution in [-0.2, 0) is 15.4 Å². The summed E-state index contributed by atoms with van der Waals surface area (Å²) >= 11 is 0. The molecule has 1 unspecified atom stereocenters. The van der Waals surface area contributed by atoms with Crippen LogP contribution in [0.4, 0.5) is 13.6 Å². The predicted molar refractivity (Wildman–Crippen MR) is 139 cm³/mol. The van der Waals surface area contributed by atoms with E-state index in [1.807, 2.05) is 5.32 Å². The van der Waals surface area contributed by atoms with Crippen molar-refractivity contribution >= 4 is 33.7 Å². The molecule has 2 N–H and O–H groups in total. The summed E-state index contributed by atoms with van der Waals surface area (Å²) in [5, 5.41) is 11.2. The van der Waals surface area contributed by atoms with Crippen LogP contribution in [0.15, 0.2) is 35.6 Å². The van der Waals surface area contributed by atoms with E-state index in [2.05, 4.69) is 15.0 Å². The minimum absolute atomic E-state index is 0.0525. The number of sulfone groups is 1. The van der Waals surface area contributed by atoms with Gasteiger partial charge in [-0.1, -0.05) is 18.9 Å². The lowest BCUT2D eigenvalue weighted by atomic mass is 9.91. The van der Waals surface area contributed by atoms with Gasteiger partial charge < -0.3 is 9.84 Å². The van der Waals surface area contributed by atoms with E-state index in [0.717, 1.165) is 25.0 Å². The number of aromatic nitrogens is 2. The van der Waals surface area contributed by atoms with Gasteiger partial charge in [-0.25, -0.2) is 32.0 Å². The molecule has 1 aliphatic carbocycles. The molecule has 0 bridgehead atoms. The third-order valence-corrected chi connectivity index (χ3v) is 9.77. The first kappa shape index (κ1) is 27.6. The summed E-state index contributed by atoms with van der Waals surface area (Å²) in [5.41, 5.74) is -1.60. The maximum absolute atomic E-state index is 15.0. The van der Waals surface area contributed by atoms with Crippen LogP contribution in [0, 0.1) is 11.7 Å². The Bertz CT molecular complexity index is 1390. The van der Waals surface area contributed by atoms with Crippen molar-refractivity contribution in [2.75, 3.05) is 12.4 Å². The lowest BCUT2D eigenvalue weighted by molar-refractivity contribution is 0.199. The lowest BCUT2D eigenvalue weighted by Gasteiger charge is -2.39. The van der Waals surface area contributed by atoms with Crippen molar-refractivity contribution < 1.29 is 31.8 Å². The number of aliphatic imine (C=N–C) groups is 1. The van der Waals surface area contributed by atoms with Gasteiger partial charge in [0, 0.05) is 5.56 Å². The molecule has 0 spiro atoms. The zero-order valence-corrected chi connectivity index (χ0v) is 22.2. The molecule has 2 heterocycles. The molecule has 1 saturated carbocycles. The summed E-state index contributed by atoms with van der Waals surface area (Å²) in [6.45, 7) is 4.59. The second kappa shape index (κ2) is 10.4. The van der Waals surface area contributed by atoms with E-state index < -0.39 is 43.6 Å². The normalized spacial score (nSPS) is 23.1. The Labute approximate surface area is 220 Å². The Morgan fingerprint density at radius 2 is 1.92 bits per heavy atom. The highest BCUT2D eigenvalue weighted by molar-refractivity contribution is 7.93. The van der Waals surface area contributed by atoms with E-state index in [0.29, 0.717) is 18.4 Å². The molecule has 0 radical (unpaired) electrons. The van der Waals surface area contributed by atoms with E-state index >= 15 is 4.39 Å². The predicted octanol–water partition coefficient (Wildman–Crippen LogP) is 4.74. The molecule has 1 aromatic heterocycles. The Kier molecular flexibility index (Phi) is 7.55. The van der Waals surface area contributed by atoms with Crippen molar-refractivity contribution in [1.29, 1.82) is 0 Å². The van der Waals surface area contributed by atoms with Crippen LogP contribution in [0.1, 0.15) is 63.3 Å². The van der Waals surface area contributed by atoms with Crippen LogP contribution >= 0.6 is 0 Å². The van der Waals surface area contributed by atoms with E-state index in [1.165, 1.54) is 58.1 Å². The zero-order chi connectivity index (χ0) is 27.7. The standard InChI is InChI=1S/C26H30F2N4O5S/c1-25(2)23(31-24(33)34)32-26(3,15-38(25,35)36)18-10-17(8-9-19(18)27)11-20(28)21-12-30-22(13-29-21)37-14-16-6-4-5-7-16/h8-13,16H,4-7,14-15H2,1-3H3,(H,31,32)(H,33,34). The van der Waals surface area contributed by atoms with Crippen LogP contribution in [0.2, 0.25) is 0 Å². The van der Waals surface area contributed by atoms with Gasteiger partial charge >= 0.3 is 6.09 Å². The molecule has 2 aromatic rings. The second-order valence-corrected chi connectivity index (χ2v) is 12.9. The number of amidine groups is 1. The first-order chi connectivity index (χ1) is 17.8. The maximum atomic E-state index is 15.0. The number of halogens is 2. The van der Waals surface area contributed by atoms with Crippen LogP contribution in [0.3, 0.4) is 0 Å². The smallest absolute Gasteiger partial charge is 0.410 e. The van der Waals surface area contributed by atoms with Crippen molar-refractivity contribution in [2.24, 2.45) is 10.9 Å². The molecule has 12 heteroatoms. The lowest BCUT2D eigenvalue weighted by Crippen LogP contribution is -2.57. The summed E-state index contributed by atoms with van der Waals surface area (Å²) in [6.07, 6.45) is 6.84. The van der Waals surface area contributed by atoms with Crippen molar-refractivity contribution in [1.82, 2.24) is 15.3 Å².